The summed E-state index contributed by atoms with van der Waals surface area (Å²) in [5.74, 6) is -0.749. The van der Waals surface area contributed by atoms with E-state index in [0.717, 1.165) is 0 Å². The van der Waals surface area contributed by atoms with Crippen LogP contribution in [0.5, 0.6) is 0 Å². The molecule has 1 heterocycles. The highest BCUT2D eigenvalue weighted by molar-refractivity contribution is 6.31. The summed E-state index contributed by atoms with van der Waals surface area (Å²) in [5, 5.41) is 2.94. The number of pyridine rings is 1. The van der Waals surface area contributed by atoms with Crippen molar-refractivity contribution in [1.29, 1.82) is 0 Å². The van der Waals surface area contributed by atoms with Gasteiger partial charge in [0, 0.05) is 29.4 Å². The van der Waals surface area contributed by atoms with Crippen molar-refractivity contribution in [2.75, 3.05) is 7.05 Å². The predicted molar refractivity (Wildman–Crippen MR) is 72.8 cm³/mol. The molecule has 0 saturated carbocycles. The largest absolute Gasteiger partial charge is 0.355 e. The summed E-state index contributed by atoms with van der Waals surface area (Å²) in [6, 6.07) is 6.31. The van der Waals surface area contributed by atoms with Crippen molar-refractivity contribution in [2.45, 2.75) is 6.92 Å². The molecule has 0 spiro atoms. The van der Waals surface area contributed by atoms with Gasteiger partial charge < -0.3 is 5.32 Å². The Morgan fingerprint density at radius 3 is 2.74 bits per heavy atom. The molecular formula is C14H12ClFN2O. The summed E-state index contributed by atoms with van der Waals surface area (Å²) in [7, 11) is 1.52. The first-order valence-corrected chi connectivity index (χ1v) is 6.05. The molecule has 0 bridgehead atoms. The van der Waals surface area contributed by atoms with Crippen molar-refractivity contribution in [3.8, 4) is 11.1 Å². The normalized spacial score (nSPS) is 10.3. The Morgan fingerprint density at radius 2 is 2.05 bits per heavy atom. The predicted octanol–water partition coefficient (Wildman–Crippen LogP) is 3.21. The van der Waals surface area contributed by atoms with Crippen LogP contribution in [0.1, 0.15) is 16.1 Å². The van der Waals surface area contributed by atoms with Crippen molar-refractivity contribution < 1.29 is 9.18 Å². The molecule has 0 aliphatic rings. The Kier molecular flexibility index (Phi) is 3.81. The quantitative estimate of drug-likeness (QED) is 0.916. The van der Waals surface area contributed by atoms with E-state index in [9.17, 15) is 9.18 Å². The molecule has 0 fully saturated rings. The third kappa shape index (κ3) is 2.58. The van der Waals surface area contributed by atoms with E-state index in [4.69, 9.17) is 11.6 Å². The molecule has 1 amide bonds. The molecule has 98 valence electrons. The topological polar surface area (TPSA) is 42.0 Å². The van der Waals surface area contributed by atoms with E-state index in [1.165, 1.54) is 25.4 Å². The Labute approximate surface area is 115 Å². The minimum atomic E-state index is -0.435. The third-order valence-electron chi connectivity index (χ3n) is 2.81. The van der Waals surface area contributed by atoms with Crippen molar-refractivity contribution in [3.63, 3.8) is 0 Å². The van der Waals surface area contributed by atoms with E-state index in [2.05, 4.69) is 10.3 Å². The molecule has 2 aromatic rings. The molecule has 1 aromatic carbocycles. The standard InChI is InChI=1S/C14H12ClFN2O/c1-8-13(16)11(5-6-18-8)10-4-3-9(15)7-12(10)14(19)17-2/h3-7H,1-2H3,(H,17,19). The average Bonchev–Trinajstić information content (AvgIpc) is 2.41. The molecule has 0 saturated heterocycles. The van der Waals surface area contributed by atoms with Crippen molar-refractivity contribution in [1.82, 2.24) is 10.3 Å². The van der Waals surface area contributed by atoms with E-state index >= 15 is 0 Å². The number of halogens is 2. The van der Waals surface area contributed by atoms with E-state index in [-0.39, 0.29) is 11.6 Å². The van der Waals surface area contributed by atoms with E-state index in [1.807, 2.05) is 0 Å². The smallest absolute Gasteiger partial charge is 0.251 e. The maximum Gasteiger partial charge on any atom is 0.251 e. The number of aryl methyl sites for hydroxylation is 1. The number of aromatic nitrogens is 1. The molecule has 1 N–H and O–H groups in total. The van der Waals surface area contributed by atoms with Crippen molar-refractivity contribution >= 4 is 17.5 Å². The molecule has 0 aliphatic heterocycles. The van der Waals surface area contributed by atoms with Crippen LogP contribution in [-0.2, 0) is 0 Å². The van der Waals surface area contributed by atoms with Gasteiger partial charge in [0.25, 0.3) is 5.91 Å². The fourth-order valence-corrected chi connectivity index (χ4v) is 2.00. The van der Waals surface area contributed by atoms with Gasteiger partial charge in [0.2, 0.25) is 0 Å². The van der Waals surface area contributed by atoms with Crippen LogP contribution in [0.4, 0.5) is 4.39 Å². The van der Waals surface area contributed by atoms with E-state index in [0.29, 0.717) is 21.7 Å². The van der Waals surface area contributed by atoms with Gasteiger partial charge in [-0.15, -0.1) is 0 Å². The van der Waals surface area contributed by atoms with Gasteiger partial charge in [-0.1, -0.05) is 17.7 Å². The molecule has 2 rings (SSSR count). The Hall–Kier alpha value is -1.94. The summed E-state index contributed by atoms with van der Waals surface area (Å²) in [6.45, 7) is 1.58. The SMILES string of the molecule is CNC(=O)c1cc(Cl)ccc1-c1ccnc(C)c1F. The number of nitrogens with zero attached hydrogens (tertiary/aromatic N) is 1. The number of rotatable bonds is 2. The van der Waals surface area contributed by atoms with Crippen LogP contribution in [0.2, 0.25) is 5.02 Å². The van der Waals surface area contributed by atoms with Crippen LogP contribution >= 0.6 is 11.6 Å². The fraction of sp³-hybridized carbons (Fsp3) is 0.143. The fourth-order valence-electron chi connectivity index (χ4n) is 1.83. The number of nitrogens with one attached hydrogen (secondary N) is 1. The van der Waals surface area contributed by atoms with Gasteiger partial charge in [-0.05, 0) is 30.7 Å². The first-order valence-electron chi connectivity index (χ1n) is 5.67. The van der Waals surface area contributed by atoms with Crippen LogP contribution in [-0.4, -0.2) is 17.9 Å². The lowest BCUT2D eigenvalue weighted by atomic mass is 9.99. The van der Waals surface area contributed by atoms with Crippen molar-refractivity contribution in [3.05, 3.63) is 52.6 Å². The first-order chi connectivity index (χ1) is 9.04. The maximum atomic E-state index is 14.1. The summed E-state index contributed by atoms with van der Waals surface area (Å²) >= 11 is 5.89. The Balaban J connectivity index is 2.68. The molecule has 0 aliphatic carbocycles. The van der Waals surface area contributed by atoms with Crippen LogP contribution in [0.25, 0.3) is 11.1 Å². The zero-order valence-electron chi connectivity index (χ0n) is 10.5. The first kappa shape index (κ1) is 13.5. The molecule has 5 heteroatoms. The van der Waals surface area contributed by atoms with Gasteiger partial charge in [0.1, 0.15) is 0 Å². The molecule has 0 radical (unpaired) electrons. The molecule has 1 aromatic heterocycles. The van der Waals surface area contributed by atoms with Crippen molar-refractivity contribution in [2.24, 2.45) is 0 Å². The number of hydrogen-bond acceptors (Lipinski definition) is 2. The molecule has 0 atom stereocenters. The highest BCUT2D eigenvalue weighted by atomic mass is 35.5. The summed E-state index contributed by atoms with van der Waals surface area (Å²) in [5.41, 5.74) is 1.45. The highest BCUT2D eigenvalue weighted by Crippen LogP contribution is 2.29. The number of hydrogen-bond donors (Lipinski definition) is 1. The highest BCUT2D eigenvalue weighted by Gasteiger charge is 2.16. The molecule has 3 nitrogen and oxygen atoms in total. The molecule has 19 heavy (non-hydrogen) atoms. The second-order valence-electron chi connectivity index (χ2n) is 4.03. The number of carbonyl (C=O) groups excluding carboxylic acids is 1. The van der Waals surface area contributed by atoms with E-state index in [1.54, 1.807) is 19.1 Å². The second-order valence-corrected chi connectivity index (χ2v) is 4.46. The van der Waals surface area contributed by atoms with Gasteiger partial charge in [0.05, 0.1) is 5.69 Å². The van der Waals surface area contributed by atoms with Crippen LogP contribution in [0.3, 0.4) is 0 Å². The monoisotopic (exact) mass is 278 g/mol. The Morgan fingerprint density at radius 1 is 1.32 bits per heavy atom. The maximum absolute atomic E-state index is 14.1. The number of benzene rings is 1. The van der Waals surface area contributed by atoms with Crippen LogP contribution in [0.15, 0.2) is 30.5 Å². The van der Waals surface area contributed by atoms with Gasteiger partial charge in [-0.25, -0.2) is 4.39 Å². The lowest BCUT2D eigenvalue weighted by Gasteiger charge is -2.11. The summed E-state index contributed by atoms with van der Waals surface area (Å²) in [6.07, 6.45) is 1.51. The van der Waals surface area contributed by atoms with Crippen LogP contribution in [0, 0.1) is 12.7 Å². The van der Waals surface area contributed by atoms with E-state index < -0.39 is 5.82 Å². The minimum Gasteiger partial charge on any atom is -0.355 e. The zero-order valence-corrected chi connectivity index (χ0v) is 11.3. The lowest BCUT2D eigenvalue weighted by Crippen LogP contribution is -2.18. The minimum absolute atomic E-state index is 0.287. The Bertz CT molecular complexity index is 643. The summed E-state index contributed by atoms with van der Waals surface area (Å²) in [4.78, 5) is 15.7. The van der Waals surface area contributed by atoms with Gasteiger partial charge in [-0.2, -0.15) is 0 Å². The summed E-state index contributed by atoms with van der Waals surface area (Å²) < 4.78 is 14.1. The van der Waals surface area contributed by atoms with Gasteiger partial charge in [0.15, 0.2) is 5.82 Å². The molecular weight excluding hydrogens is 267 g/mol. The van der Waals surface area contributed by atoms with Gasteiger partial charge in [-0.3, -0.25) is 9.78 Å². The van der Waals surface area contributed by atoms with Crippen LogP contribution < -0.4 is 5.32 Å². The number of carbonyl (C=O) groups is 1. The average molecular weight is 279 g/mol. The lowest BCUT2D eigenvalue weighted by molar-refractivity contribution is 0.0963. The third-order valence-corrected chi connectivity index (χ3v) is 3.04. The zero-order chi connectivity index (χ0) is 14.0. The second kappa shape index (κ2) is 5.36. The van der Waals surface area contributed by atoms with Gasteiger partial charge >= 0.3 is 0 Å². The number of amides is 1. The molecule has 0 unspecified atom stereocenters.